The predicted octanol–water partition coefficient (Wildman–Crippen LogP) is 6.26. The van der Waals surface area contributed by atoms with Crippen molar-refractivity contribution in [2.24, 2.45) is 0 Å². The van der Waals surface area contributed by atoms with E-state index in [1.54, 1.807) is 37.3 Å². The minimum Gasteiger partial charge on any atom is -0.493 e. The van der Waals surface area contributed by atoms with Crippen molar-refractivity contribution in [2.75, 3.05) is 25.7 Å². The fraction of sp³-hybridized carbons (Fsp3) is 0.194. The maximum atomic E-state index is 15.0. The van der Waals surface area contributed by atoms with E-state index in [0.717, 1.165) is 16.7 Å². The van der Waals surface area contributed by atoms with E-state index in [4.69, 9.17) is 25.5 Å². The van der Waals surface area contributed by atoms with Crippen LogP contribution in [-0.4, -0.2) is 37.5 Å². The van der Waals surface area contributed by atoms with Gasteiger partial charge in [-0.2, -0.15) is 0 Å². The summed E-state index contributed by atoms with van der Waals surface area (Å²) in [6, 6.07) is 25.5. The topological polar surface area (TPSA) is 89.3 Å². The van der Waals surface area contributed by atoms with Gasteiger partial charge in [0.15, 0.2) is 22.5 Å². The van der Waals surface area contributed by atoms with Gasteiger partial charge >= 0.3 is 0 Å². The molecule has 0 N–H and O–H groups in total. The second-order valence-corrected chi connectivity index (χ2v) is 11.7. The van der Waals surface area contributed by atoms with Crippen molar-refractivity contribution < 1.29 is 23.5 Å². The Morgan fingerprint density at radius 1 is 0.844 bits per heavy atom. The molecular weight excluding hydrogens is 592 g/mol. The standard InChI is InChI=1S/C36H29ClN2O6/c1-21-8-10-23(11-9-21)20-38-27-7-5-4-6-26(27)36(35(38)42)31-32(40)25-19-24(37)13-15-28(25)45-33(31)34(41)39(36)17-16-22-12-14-29(43-2)30(18-22)44-3/h4-15,18-19H,16-17,20H2,1-3H3. The van der Waals surface area contributed by atoms with Gasteiger partial charge in [-0.3, -0.25) is 14.4 Å². The van der Waals surface area contributed by atoms with E-state index >= 15 is 4.79 Å². The largest absolute Gasteiger partial charge is 0.493 e. The second-order valence-electron chi connectivity index (χ2n) is 11.3. The summed E-state index contributed by atoms with van der Waals surface area (Å²) in [6.45, 7) is 2.38. The molecule has 2 aliphatic rings. The van der Waals surface area contributed by atoms with Crippen LogP contribution in [0.2, 0.25) is 5.02 Å². The fourth-order valence-corrected chi connectivity index (χ4v) is 6.75. The van der Waals surface area contributed by atoms with Crippen LogP contribution in [0.1, 0.15) is 38.4 Å². The molecule has 226 valence electrons. The molecule has 4 aromatic carbocycles. The van der Waals surface area contributed by atoms with Crippen molar-refractivity contribution in [3.8, 4) is 11.5 Å². The molecule has 1 atom stereocenters. The molecule has 0 saturated carbocycles. The van der Waals surface area contributed by atoms with Crippen LogP contribution in [0.5, 0.6) is 11.5 Å². The first-order valence-electron chi connectivity index (χ1n) is 14.5. The Morgan fingerprint density at radius 2 is 1.58 bits per heavy atom. The number of methoxy groups -OCH3 is 2. The van der Waals surface area contributed by atoms with Gasteiger partial charge in [-0.25, -0.2) is 0 Å². The van der Waals surface area contributed by atoms with Crippen molar-refractivity contribution in [1.29, 1.82) is 0 Å². The zero-order valence-corrected chi connectivity index (χ0v) is 25.7. The molecule has 45 heavy (non-hydrogen) atoms. The number of carbonyl (C=O) groups is 2. The van der Waals surface area contributed by atoms with Gasteiger partial charge in [-0.1, -0.05) is 65.7 Å². The lowest BCUT2D eigenvalue weighted by molar-refractivity contribution is -0.126. The molecule has 1 unspecified atom stereocenters. The van der Waals surface area contributed by atoms with Gasteiger partial charge in [-0.05, 0) is 60.9 Å². The normalized spacial score (nSPS) is 16.9. The Kier molecular flexibility index (Phi) is 6.89. The van der Waals surface area contributed by atoms with Crippen LogP contribution in [0.25, 0.3) is 11.0 Å². The highest BCUT2D eigenvalue weighted by atomic mass is 35.5. The van der Waals surface area contributed by atoms with Crippen LogP contribution in [0, 0.1) is 6.92 Å². The monoisotopic (exact) mass is 620 g/mol. The van der Waals surface area contributed by atoms with Gasteiger partial charge in [0.25, 0.3) is 11.8 Å². The number of rotatable bonds is 7. The number of nitrogens with zero attached hydrogens (tertiary/aromatic N) is 2. The summed E-state index contributed by atoms with van der Waals surface area (Å²) in [7, 11) is 3.12. The smallest absolute Gasteiger partial charge is 0.291 e. The molecule has 1 spiro atoms. The molecule has 1 aromatic heterocycles. The van der Waals surface area contributed by atoms with Gasteiger partial charge < -0.3 is 23.7 Å². The molecule has 0 fully saturated rings. The number of fused-ring (bicyclic) bond motifs is 5. The Bertz CT molecular complexity index is 2070. The molecule has 9 heteroatoms. The molecule has 3 heterocycles. The molecule has 2 aliphatic heterocycles. The third-order valence-electron chi connectivity index (χ3n) is 8.73. The lowest BCUT2D eigenvalue weighted by Crippen LogP contribution is -2.53. The van der Waals surface area contributed by atoms with Crippen molar-refractivity contribution in [1.82, 2.24) is 4.90 Å². The van der Waals surface area contributed by atoms with Crippen LogP contribution in [-0.2, 0) is 23.3 Å². The summed E-state index contributed by atoms with van der Waals surface area (Å²) >= 11 is 6.30. The number of hydrogen-bond donors (Lipinski definition) is 0. The minimum absolute atomic E-state index is 0.0124. The molecule has 5 aromatic rings. The van der Waals surface area contributed by atoms with Crippen LogP contribution in [0.4, 0.5) is 5.69 Å². The minimum atomic E-state index is -1.73. The maximum absolute atomic E-state index is 15.0. The first kappa shape index (κ1) is 28.7. The maximum Gasteiger partial charge on any atom is 0.291 e. The summed E-state index contributed by atoms with van der Waals surface area (Å²) in [5, 5.41) is 0.551. The fourth-order valence-electron chi connectivity index (χ4n) is 6.57. The van der Waals surface area contributed by atoms with Gasteiger partial charge in [0.05, 0.1) is 37.4 Å². The van der Waals surface area contributed by atoms with E-state index in [0.29, 0.717) is 34.2 Å². The number of para-hydroxylation sites is 1. The van der Waals surface area contributed by atoms with Crippen molar-refractivity contribution >= 4 is 40.1 Å². The Balaban J connectivity index is 1.42. The first-order valence-corrected chi connectivity index (χ1v) is 14.9. The number of halogens is 1. The quantitative estimate of drug-likeness (QED) is 0.213. The number of amides is 2. The lowest BCUT2D eigenvalue weighted by atomic mass is 9.83. The highest BCUT2D eigenvalue weighted by Gasteiger charge is 2.64. The molecule has 0 radical (unpaired) electrons. The summed E-state index contributed by atoms with van der Waals surface area (Å²) in [6.07, 6.45) is 0.370. The van der Waals surface area contributed by atoms with Gasteiger partial charge in [0.2, 0.25) is 5.76 Å². The number of ether oxygens (including phenoxy) is 2. The molecule has 0 aliphatic carbocycles. The lowest BCUT2D eigenvalue weighted by Gasteiger charge is -2.34. The summed E-state index contributed by atoms with van der Waals surface area (Å²) in [5.41, 5.74) is 2.10. The number of anilines is 1. The van der Waals surface area contributed by atoms with Gasteiger partial charge in [-0.15, -0.1) is 0 Å². The number of carbonyl (C=O) groups excluding carboxylic acids is 2. The van der Waals surface area contributed by atoms with Crippen molar-refractivity contribution in [2.45, 2.75) is 25.4 Å². The SMILES string of the molecule is COc1ccc(CCN2C(=O)c3oc4ccc(Cl)cc4c(=O)c3C23C(=O)N(Cc2ccc(C)cc2)c2ccccc23)cc1OC. The Morgan fingerprint density at radius 3 is 2.33 bits per heavy atom. The van der Waals surface area contributed by atoms with Gasteiger partial charge in [0.1, 0.15) is 5.58 Å². The van der Waals surface area contributed by atoms with Crippen LogP contribution in [0.15, 0.2) is 94.1 Å². The summed E-state index contributed by atoms with van der Waals surface area (Å²) in [4.78, 5) is 47.0. The average Bonchev–Trinajstić information content (AvgIpc) is 3.44. The summed E-state index contributed by atoms with van der Waals surface area (Å²) < 4.78 is 17.0. The van der Waals surface area contributed by atoms with Crippen LogP contribution in [0.3, 0.4) is 0 Å². The summed E-state index contributed by atoms with van der Waals surface area (Å²) in [5.74, 6) is 0.0704. The number of benzene rings is 4. The Hall–Kier alpha value is -5.08. The van der Waals surface area contributed by atoms with Crippen molar-refractivity contribution in [3.63, 3.8) is 0 Å². The molecular formula is C36H29ClN2O6. The molecule has 0 bridgehead atoms. The van der Waals surface area contributed by atoms with E-state index in [1.807, 2.05) is 67.6 Å². The zero-order chi connectivity index (χ0) is 31.5. The van der Waals surface area contributed by atoms with E-state index in [9.17, 15) is 9.59 Å². The third-order valence-corrected chi connectivity index (χ3v) is 8.97. The number of hydrogen-bond acceptors (Lipinski definition) is 6. The first-order chi connectivity index (χ1) is 21.8. The highest BCUT2D eigenvalue weighted by molar-refractivity contribution is 6.31. The van der Waals surface area contributed by atoms with E-state index < -0.39 is 22.8 Å². The third kappa shape index (κ3) is 4.31. The predicted molar refractivity (Wildman–Crippen MR) is 171 cm³/mol. The second kappa shape index (κ2) is 10.8. The molecule has 2 amide bonds. The molecule has 0 saturated heterocycles. The highest BCUT2D eigenvalue weighted by Crippen LogP contribution is 2.53. The van der Waals surface area contributed by atoms with Gasteiger partial charge in [0, 0.05) is 17.1 Å². The number of aryl methyl sites for hydroxylation is 1. The molecule has 7 rings (SSSR count). The van der Waals surface area contributed by atoms with E-state index in [-0.39, 0.29) is 35.4 Å². The van der Waals surface area contributed by atoms with Crippen molar-refractivity contribution in [3.05, 3.63) is 134 Å². The average molecular weight is 621 g/mol. The van der Waals surface area contributed by atoms with E-state index in [2.05, 4.69) is 0 Å². The zero-order valence-electron chi connectivity index (χ0n) is 24.9. The Labute approximate surface area is 264 Å². The van der Waals surface area contributed by atoms with Crippen LogP contribution < -0.4 is 19.8 Å². The molecule has 8 nitrogen and oxygen atoms in total. The van der Waals surface area contributed by atoms with Crippen LogP contribution >= 0.6 is 11.6 Å². The van der Waals surface area contributed by atoms with E-state index in [1.165, 1.54) is 11.0 Å².